The van der Waals surface area contributed by atoms with E-state index in [0.29, 0.717) is 25.7 Å². The van der Waals surface area contributed by atoms with Crippen LogP contribution in [0.25, 0.3) is 0 Å². The van der Waals surface area contributed by atoms with Gasteiger partial charge in [0.05, 0.1) is 12.6 Å². The molecule has 0 aliphatic carbocycles. The molecule has 1 aromatic carbocycles. The Hall–Kier alpha value is -2.05. The predicted octanol–water partition coefficient (Wildman–Crippen LogP) is 2.68. The minimum absolute atomic E-state index is 0.163. The van der Waals surface area contributed by atoms with Gasteiger partial charge < -0.3 is 19.7 Å². The molecule has 6 heteroatoms. The quantitative estimate of drug-likeness (QED) is 0.772. The van der Waals surface area contributed by atoms with E-state index in [1.165, 1.54) is 10.4 Å². The summed E-state index contributed by atoms with van der Waals surface area (Å²) < 4.78 is 10.8. The van der Waals surface area contributed by atoms with Gasteiger partial charge in [-0.3, -0.25) is 4.79 Å². The van der Waals surface area contributed by atoms with Gasteiger partial charge in [0.15, 0.2) is 18.0 Å². The molecule has 26 heavy (non-hydrogen) atoms. The molecular formula is C20H27N2O3S+. The Morgan fingerprint density at radius 1 is 1.27 bits per heavy atom. The molecule has 0 radical (unpaired) electrons. The number of aryl methyl sites for hydroxylation is 1. The number of nitrogens with zero attached hydrogens (tertiary/aromatic N) is 1. The Labute approximate surface area is 158 Å². The van der Waals surface area contributed by atoms with Gasteiger partial charge in [-0.25, -0.2) is 0 Å². The van der Waals surface area contributed by atoms with Crippen molar-refractivity contribution >= 4 is 17.2 Å². The van der Waals surface area contributed by atoms with Crippen LogP contribution in [0.4, 0.5) is 0 Å². The molecule has 5 nitrogen and oxygen atoms in total. The number of quaternary nitrogens is 1. The summed E-state index contributed by atoms with van der Waals surface area (Å²) in [5.74, 6) is 1.69. The molecule has 1 atom stereocenters. The fourth-order valence-corrected chi connectivity index (χ4v) is 3.75. The molecule has 2 N–H and O–H groups in total. The van der Waals surface area contributed by atoms with Crippen LogP contribution in [-0.2, 0) is 17.9 Å². The first-order valence-corrected chi connectivity index (χ1v) is 9.97. The van der Waals surface area contributed by atoms with Crippen LogP contribution in [0.5, 0.6) is 11.5 Å². The number of benzene rings is 1. The lowest BCUT2D eigenvalue weighted by molar-refractivity contribution is -0.676. The highest BCUT2D eigenvalue weighted by molar-refractivity contribution is 7.10. The summed E-state index contributed by atoms with van der Waals surface area (Å²) in [4.78, 5) is 16.1. The number of ether oxygens (including phenoxy) is 2. The SMILES string of the molecule is CC[C@@H](C)[NH2+]CC(=O)N(Cc1ccc2c(c1)OCO2)Cc1sccc1C. The van der Waals surface area contributed by atoms with E-state index in [2.05, 4.69) is 37.5 Å². The van der Waals surface area contributed by atoms with E-state index in [-0.39, 0.29) is 12.7 Å². The molecule has 2 heterocycles. The maximum Gasteiger partial charge on any atom is 0.278 e. The van der Waals surface area contributed by atoms with E-state index in [0.717, 1.165) is 23.5 Å². The zero-order chi connectivity index (χ0) is 18.5. The van der Waals surface area contributed by atoms with E-state index >= 15 is 0 Å². The van der Waals surface area contributed by atoms with E-state index < -0.39 is 0 Å². The second-order valence-corrected chi connectivity index (χ2v) is 7.79. The molecule has 1 aliphatic rings. The molecule has 0 fully saturated rings. The van der Waals surface area contributed by atoms with E-state index in [1.54, 1.807) is 11.3 Å². The fourth-order valence-electron chi connectivity index (χ4n) is 2.83. The first-order chi connectivity index (χ1) is 12.6. The van der Waals surface area contributed by atoms with Gasteiger partial charge in [0.25, 0.3) is 5.91 Å². The van der Waals surface area contributed by atoms with Gasteiger partial charge in [0.1, 0.15) is 0 Å². The number of fused-ring (bicyclic) bond motifs is 1. The third-order valence-electron chi connectivity index (χ3n) is 4.80. The third-order valence-corrected chi connectivity index (χ3v) is 5.81. The summed E-state index contributed by atoms with van der Waals surface area (Å²) in [5, 5.41) is 4.20. The van der Waals surface area contributed by atoms with E-state index in [1.807, 2.05) is 23.1 Å². The smallest absolute Gasteiger partial charge is 0.278 e. The average molecular weight is 376 g/mol. The summed E-state index contributed by atoms with van der Waals surface area (Å²) in [7, 11) is 0. The number of carbonyl (C=O) groups is 1. The molecule has 0 saturated carbocycles. The summed E-state index contributed by atoms with van der Waals surface area (Å²) in [6.07, 6.45) is 1.06. The lowest BCUT2D eigenvalue weighted by atomic mass is 10.1. The zero-order valence-electron chi connectivity index (χ0n) is 15.7. The third kappa shape index (κ3) is 4.56. The Morgan fingerprint density at radius 3 is 2.81 bits per heavy atom. The maximum atomic E-state index is 12.9. The molecule has 1 amide bonds. The summed E-state index contributed by atoms with van der Waals surface area (Å²) >= 11 is 1.71. The largest absolute Gasteiger partial charge is 0.454 e. The van der Waals surface area contributed by atoms with Crippen molar-refractivity contribution in [3.63, 3.8) is 0 Å². The van der Waals surface area contributed by atoms with Crippen molar-refractivity contribution in [3.8, 4) is 11.5 Å². The summed E-state index contributed by atoms with van der Waals surface area (Å²) in [6.45, 7) is 8.35. The molecule has 0 saturated heterocycles. The first kappa shape index (κ1) is 18.7. The summed E-state index contributed by atoms with van der Waals surface area (Å²) in [6, 6.07) is 8.46. The number of hydrogen-bond acceptors (Lipinski definition) is 4. The standard InChI is InChI=1S/C20H26N2O3S/c1-4-15(3)21-10-20(23)22(12-19-14(2)7-8-26-19)11-16-5-6-17-18(9-16)25-13-24-17/h5-9,15,21H,4,10-13H2,1-3H3/p+1/t15-/m1/s1. The lowest BCUT2D eigenvalue weighted by Gasteiger charge is -2.23. The molecule has 140 valence electrons. The van der Waals surface area contributed by atoms with Gasteiger partial charge in [0.2, 0.25) is 6.79 Å². The van der Waals surface area contributed by atoms with Crippen LogP contribution >= 0.6 is 11.3 Å². The Balaban J connectivity index is 1.73. The molecule has 1 aliphatic heterocycles. The monoisotopic (exact) mass is 375 g/mol. The molecule has 1 aromatic heterocycles. The van der Waals surface area contributed by atoms with Crippen LogP contribution in [0.1, 0.15) is 36.3 Å². The summed E-state index contributed by atoms with van der Waals surface area (Å²) in [5.41, 5.74) is 2.30. The molecule has 0 bridgehead atoms. The normalized spacial score (nSPS) is 13.7. The molecular weight excluding hydrogens is 348 g/mol. The van der Waals surface area contributed by atoms with Crippen molar-refractivity contribution in [2.45, 2.75) is 46.3 Å². The van der Waals surface area contributed by atoms with Gasteiger partial charge >= 0.3 is 0 Å². The highest BCUT2D eigenvalue weighted by Gasteiger charge is 2.20. The van der Waals surface area contributed by atoms with Crippen LogP contribution < -0.4 is 14.8 Å². The molecule has 3 rings (SSSR count). The van der Waals surface area contributed by atoms with E-state index in [4.69, 9.17) is 9.47 Å². The van der Waals surface area contributed by atoms with Crippen molar-refractivity contribution in [3.05, 3.63) is 45.6 Å². The average Bonchev–Trinajstić information content (AvgIpc) is 3.27. The van der Waals surface area contributed by atoms with Crippen molar-refractivity contribution < 1.29 is 19.6 Å². The fraction of sp³-hybridized carbons (Fsp3) is 0.450. The Bertz CT molecular complexity index is 759. The molecule has 2 aromatic rings. The van der Waals surface area contributed by atoms with Gasteiger partial charge in [-0.15, -0.1) is 11.3 Å². The minimum atomic E-state index is 0.163. The van der Waals surface area contributed by atoms with Gasteiger partial charge in [0, 0.05) is 11.4 Å². The van der Waals surface area contributed by atoms with Crippen LogP contribution in [0, 0.1) is 6.92 Å². The number of rotatable bonds is 8. The number of thiophene rings is 1. The van der Waals surface area contributed by atoms with Crippen LogP contribution in [0.15, 0.2) is 29.6 Å². The van der Waals surface area contributed by atoms with Crippen LogP contribution in [0.3, 0.4) is 0 Å². The van der Waals surface area contributed by atoms with Crippen LogP contribution in [0.2, 0.25) is 0 Å². The second-order valence-electron chi connectivity index (χ2n) is 6.79. The predicted molar refractivity (Wildman–Crippen MR) is 102 cm³/mol. The highest BCUT2D eigenvalue weighted by atomic mass is 32.1. The topological polar surface area (TPSA) is 55.4 Å². The number of hydrogen-bond donors (Lipinski definition) is 1. The minimum Gasteiger partial charge on any atom is -0.454 e. The van der Waals surface area contributed by atoms with Crippen molar-refractivity contribution in [2.24, 2.45) is 0 Å². The van der Waals surface area contributed by atoms with Gasteiger partial charge in [-0.1, -0.05) is 13.0 Å². The molecule has 0 unspecified atom stereocenters. The number of amides is 1. The van der Waals surface area contributed by atoms with Crippen molar-refractivity contribution in [1.82, 2.24) is 4.90 Å². The molecule has 0 spiro atoms. The lowest BCUT2D eigenvalue weighted by Crippen LogP contribution is -2.91. The highest BCUT2D eigenvalue weighted by Crippen LogP contribution is 2.33. The number of nitrogens with two attached hydrogens (primary N) is 1. The van der Waals surface area contributed by atoms with Crippen LogP contribution in [-0.4, -0.2) is 30.2 Å². The first-order valence-electron chi connectivity index (χ1n) is 9.09. The van der Waals surface area contributed by atoms with Gasteiger partial charge in [-0.2, -0.15) is 0 Å². The van der Waals surface area contributed by atoms with Crippen molar-refractivity contribution in [2.75, 3.05) is 13.3 Å². The van der Waals surface area contributed by atoms with Gasteiger partial charge in [-0.05, 0) is 55.0 Å². The maximum absolute atomic E-state index is 12.9. The Morgan fingerprint density at radius 2 is 2.08 bits per heavy atom. The van der Waals surface area contributed by atoms with Crippen molar-refractivity contribution in [1.29, 1.82) is 0 Å². The Kier molecular flexibility index (Phi) is 6.16. The second kappa shape index (κ2) is 8.56. The number of carbonyl (C=O) groups excluding carboxylic acids is 1. The zero-order valence-corrected chi connectivity index (χ0v) is 16.5. The van der Waals surface area contributed by atoms with E-state index in [9.17, 15) is 4.79 Å².